The highest BCUT2D eigenvalue weighted by Crippen LogP contribution is 2.31. The van der Waals surface area contributed by atoms with Crippen molar-refractivity contribution in [3.05, 3.63) is 64.9 Å². The monoisotopic (exact) mass is 369 g/mol. The van der Waals surface area contributed by atoms with Crippen LogP contribution in [0.1, 0.15) is 15.9 Å². The Hall–Kier alpha value is -3.12. The van der Waals surface area contributed by atoms with Crippen molar-refractivity contribution in [2.75, 3.05) is 12.4 Å². The number of aromatic nitrogens is 2. The van der Waals surface area contributed by atoms with Gasteiger partial charge in [-0.05, 0) is 42.8 Å². The van der Waals surface area contributed by atoms with Crippen LogP contribution >= 0.6 is 11.6 Å². The van der Waals surface area contributed by atoms with Crippen molar-refractivity contribution in [2.45, 2.75) is 6.92 Å². The molecule has 1 aromatic carbocycles. The van der Waals surface area contributed by atoms with Crippen LogP contribution < -0.4 is 10.1 Å². The molecule has 7 heteroatoms. The van der Waals surface area contributed by atoms with Crippen LogP contribution in [0.4, 0.5) is 5.82 Å². The van der Waals surface area contributed by atoms with Crippen LogP contribution in [0.15, 0.2) is 48.8 Å². The second kappa shape index (κ2) is 7.41. The van der Waals surface area contributed by atoms with Gasteiger partial charge in [0.1, 0.15) is 11.6 Å². The number of phenolic OH excluding ortho intramolecular Hbond substituents is 1. The van der Waals surface area contributed by atoms with Gasteiger partial charge in [0.2, 0.25) is 5.88 Å². The van der Waals surface area contributed by atoms with Crippen LogP contribution in [-0.2, 0) is 0 Å². The number of benzene rings is 1. The van der Waals surface area contributed by atoms with Crippen molar-refractivity contribution in [1.29, 1.82) is 0 Å². The van der Waals surface area contributed by atoms with E-state index in [1.54, 1.807) is 43.5 Å². The van der Waals surface area contributed by atoms with E-state index in [4.69, 9.17) is 16.3 Å². The third-order valence-electron chi connectivity index (χ3n) is 3.81. The molecule has 0 aliphatic heterocycles. The number of hydrogen-bond acceptors (Lipinski definition) is 5. The number of aryl methyl sites for hydroxylation is 1. The van der Waals surface area contributed by atoms with E-state index < -0.39 is 0 Å². The Morgan fingerprint density at radius 2 is 1.96 bits per heavy atom. The molecular weight excluding hydrogens is 354 g/mol. The average molecular weight is 370 g/mol. The number of pyridine rings is 2. The molecule has 2 N–H and O–H groups in total. The zero-order valence-corrected chi connectivity index (χ0v) is 14.9. The number of aromatic hydroxyl groups is 1. The maximum absolute atomic E-state index is 12.4. The second-order valence-electron chi connectivity index (χ2n) is 5.59. The lowest BCUT2D eigenvalue weighted by Gasteiger charge is -2.09. The summed E-state index contributed by atoms with van der Waals surface area (Å²) in [6.45, 7) is 1.81. The molecule has 1 amide bonds. The first-order valence-corrected chi connectivity index (χ1v) is 8.12. The first-order valence-electron chi connectivity index (χ1n) is 7.75. The van der Waals surface area contributed by atoms with E-state index in [9.17, 15) is 9.90 Å². The van der Waals surface area contributed by atoms with Gasteiger partial charge in [0.05, 0.1) is 12.7 Å². The summed E-state index contributed by atoms with van der Waals surface area (Å²) in [7, 11) is 1.52. The van der Waals surface area contributed by atoms with Crippen molar-refractivity contribution in [3.63, 3.8) is 0 Å². The van der Waals surface area contributed by atoms with Gasteiger partial charge in [0.15, 0.2) is 0 Å². The van der Waals surface area contributed by atoms with E-state index in [0.717, 1.165) is 11.1 Å². The molecule has 3 rings (SSSR count). The lowest BCUT2D eigenvalue weighted by molar-refractivity contribution is 0.102. The standard InChI is InChI=1S/C19H16ClN3O3/c1-11-7-18(26-2)22-10-15(11)19(25)23-17-6-3-12(9-21-17)14-8-13(24)4-5-16(14)20/h3-10,24H,1-2H3,(H,21,23,25). The summed E-state index contributed by atoms with van der Waals surface area (Å²) in [5.74, 6) is 0.646. The third kappa shape index (κ3) is 3.75. The van der Waals surface area contributed by atoms with Gasteiger partial charge in [0, 0.05) is 34.6 Å². The number of rotatable bonds is 4. The normalized spacial score (nSPS) is 10.4. The number of nitrogens with one attached hydrogen (secondary N) is 1. The molecule has 26 heavy (non-hydrogen) atoms. The first-order chi connectivity index (χ1) is 12.5. The number of methoxy groups -OCH3 is 1. The largest absolute Gasteiger partial charge is 0.508 e. The molecular formula is C19H16ClN3O3. The van der Waals surface area contributed by atoms with E-state index in [2.05, 4.69) is 15.3 Å². The van der Waals surface area contributed by atoms with Gasteiger partial charge in [0.25, 0.3) is 5.91 Å². The summed E-state index contributed by atoms with van der Waals surface area (Å²) in [5.41, 5.74) is 2.57. The lowest BCUT2D eigenvalue weighted by atomic mass is 10.1. The van der Waals surface area contributed by atoms with Gasteiger partial charge in [-0.25, -0.2) is 9.97 Å². The Morgan fingerprint density at radius 3 is 2.62 bits per heavy atom. The Morgan fingerprint density at radius 1 is 1.15 bits per heavy atom. The molecule has 0 aliphatic rings. The highest BCUT2D eigenvalue weighted by Gasteiger charge is 2.12. The van der Waals surface area contributed by atoms with E-state index >= 15 is 0 Å². The topological polar surface area (TPSA) is 84.3 Å². The highest BCUT2D eigenvalue weighted by molar-refractivity contribution is 6.33. The van der Waals surface area contributed by atoms with E-state index in [1.165, 1.54) is 19.4 Å². The number of halogens is 1. The summed E-state index contributed by atoms with van der Waals surface area (Å²) >= 11 is 6.15. The lowest BCUT2D eigenvalue weighted by Crippen LogP contribution is -2.14. The molecule has 6 nitrogen and oxygen atoms in total. The Kier molecular flexibility index (Phi) is 5.04. The summed E-state index contributed by atoms with van der Waals surface area (Å²) in [6.07, 6.45) is 3.04. The maximum Gasteiger partial charge on any atom is 0.258 e. The van der Waals surface area contributed by atoms with Gasteiger partial charge >= 0.3 is 0 Å². The third-order valence-corrected chi connectivity index (χ3v) is 4.14. The molecule has 0 bridgehead atoms. The van der Waals surface area contributed by atoms with E-state index in [1.807, 2.05) is 0 Å². The molecule has 0 saturated heterocycles. The summed E-state index contributed by atoms with van der Waals surface area (Å²) in [4.78, 5) is 20.7. The number of carbonyl (C=O) groups is 1. The number of anilines is 1. The SMILES string of the molecule is COc1cc(C)c(C(=O)Nc2ccc(-c3cc(O)ccc3Cl)cn2)cn1. The van der Waals surface area contributed by atoms with Crippen molar-refractivity contribution < 1.29 is 14.6 Å². The maximum atomic E-state index is 12.4. The van der Waals surface area contributed by atoms with Gasteiger partial charge in [-0.2, -0.15) is 0 Å². The predicted octanol–water partition coefficient (Wildman–Crippen LogP) is 4.07. The Labute approximate surface area is 155 Å². The first kappa shape index (κ1) is 17.7. The van der Waals surface area contributed by atoms with Gasteiger partial charge in [-0.15, -0.1) is 0 Å². The summed E-state index contributed by atoms with van der Waals surface area (Å²) < 4.78 is 5.04. The zero-order chi connectivity index (χ0) is 18.7. The van der Waals surface area contributed by atoms with Crippen LogP contribution in [0.2, 0.25) is 5.02 Å². The number of carbonyl (C=O) groups excluding carboxylic acids is 1. The van der Waals surface area contributed by atoms with Crippen LogP contribution in [0.3, 0.4) is 0 Å². The molecule has 2 heterocycles. The fourth-order valence-electron chi connectivity index (χ4n) is 2.42. The van der Waals surface area contributed by atoms with Crippen LogP contribution in [-0.4, -0.2) is 28.1 Å². The van der Waals surface area contributed by atoms with Crippen molar-refractivity contribution in [3.8, 4) is 22.8 Å². The Bertz CT molecular complexity index is 959. The fraction of sp³-hybridized carbons (Fsp3) is 0.105. The fourth-order valence-corrected chi connectivity index (χ4v) is 2.65. The molecule has 0 saturated carbocycles. The van der Waals surface area contributed by atoms with Crippen molar-refractivity contribution in [1.82, 2.24) is 9.97 Å². The van der Waals surface area contributed by atoms with Gasteiger partial charge in [-0.3, -0.25) is 4.79 Å². The molecule has 132 valence electrons. The Balaban J connectivity index is 1.79. The minimum atomic E-state index is -0.312. The molecule has 0 aliphatic carbocycles. The molecule has 0 fully saturated rings. The second-order valence-corrected chi connectivity index (χ2v) is 6.00. The summed E-state index contributed by atoms with van der Waals surface area (Å²) in [6, 6.07) is 9.81. The van der Waals surface area contributed by atoms with Crippen molar-refractivity contribution >= 4 is 23.3 Å². The smallest absolute Gasteiger partial charge is 0.258 e. The predicted molar refractivity (Wildman–Crippen MR) is 99.8 cm³/mol. The van der Waals surface area contributed by atoms with Gasteiger partial charge < -0.3 is 15.2 Å². The quantitative estimate of drug-likeness (QED) is 0.724. The zero-order valence-electron chi connectivity index (χ0n) is 14.2. The average Bonchev–Trinajstić information content (AvgIpc) is 2.64. The molecule has 0 unspecified atom stereocenters. The minimum Gasteiger partial charge on any atom is -0.508 e. The van der Waals surface area contributed by atoms with Crippen LogP contribution in [0.25, 0.3) is 11.1 Å². The summed E-state index contributed by atoms with van der Waals surface area (Å²) in [5, 5.41) is 12.8. The highest BCUT2D eigenvalue weighted by atomic mass is 35.5. The molecule has 0 radical (unpaired) electrons. The number of amides is 1. The molecule has 0 atom stereocenters. The number of hydrogen-bond donors (Lipinski definition) is 2. The van der Waals surface area contributed by atoms with Crippen molar-refractivity contribution in [2.24, 2.45) is 0 Å². The molecule has 0 spiro atoms. The molecule has 3 aromatic rings. The number of ether oxygens (including phenoxy) is 1. The minimum absolute atomic E-state index is 0.115. The van der Waals surface area contributed by atoms with Crippen LogP contribution in [0.5, 0.6) is 11.6 Å². The van der Waals surface area contributed by atoms with E-state index in [0.29, 0.717) is 27.8 Å². The number of nitrogens with zero attached hydrogens (tertiary/aromatic N) is 2. The van der Waals surface area contributed by atoms with E-state index in [-0.39, 0.29) is 11.7 Å². The van der Waals surface area contributed by atoms with Crippen LogP contribution in [0, 0.1) is 6.92 Å². The molecule has 2 aromatic heterocycles. The van der Waals surface area contributed by atoms with Gasteiger partial charge in [-0.1, -0.05) is 11.6 Å². The number of phenols is 1.